The summed E-state index contributed by atoms with van der Waals surface area (Å²) in [6.45, 7) is 1.00. The fourth-order valence-electron chi connectivity index (χ4n) is 0.513. The summed E-state index contributed by atoms with van der Waals surface area (Å²) in [4.78, 5) is 11.0. The highest BCUT2D eigenvalue weighted by Gasteiger charge is 2.00. The van der Waals surface area contributed by atoms with E-state index in [0.29, 0.717) is 13.2 Å². The van der Waals surface area contributed by atoms with Crippen LogP contribution in [-0.2, 0) is 9.53 Å². The van der Waals surface area contributed by atoms with Gasteiger partial charge in [0.25, 0.3) is 0 Å². The fraction of sp³-hybridized carbons (Fsp3) is 0.667. The number of thiocarbonyl (C=S) groups is 1. The molecule has 0 aliphatic rings. The molecule has 0 saturated heterocycles. The van der Waals surface area contributed by atoms with Gasteiger partial charge in [0, 0.05) is 13.7 Å². The van der Waals surface area contributed by atoms with E-state index < -0.39 is 0 Å². The lowest BCUT2D eigenvalue weighted by atomic mass is 10.4. The summed E-state index contributed by atoms with van der Waals surface area (Å²) >= 11 is 4.54. The van der Waals surface area contributed by atoms with Crippen molar-refractivity contribution in [2.45, 2.75) is 6.42 Å². The first kappa shape index (κ1) is 10.3. The maximum atomic E-state index is 10.8. The molecule has 0 aromatic rings. The molecule has 11 heavy (non-hydrogen) atoms. The number of hydrogen-bond donors (Lipinski definition) is 2. The van der Waals surface area contributed by atoms with Crippen molar-refractivity contribution in [2.24, 2.45) is 5.73 Å². The summed E-state index contributed by atoms with van der Waals surface area (Å²) in [6.07, 6.45) is 0.110. The Morgan fingerprint density at radius 2 is 2.36 bits per heavy atom. The molecule has 1 amide bonds. The zero-order valence-electron chi connectivity index (χ0n) is 6.42. The first-order valence-electron chi connectivity index (χ1n) is 3.20. The Morgan fingerprint density at radius 1 is 1.73 bits per heavy atom. The molecule has 5 heteroatoms. The summed E-state index contributed by atoms with van der Waals surface area (Å²) in [6, 6.07) is 0. The normalized spacial score (nSPS) is 9.18. The molecular formula is C6H12N2O2S. The number of ether oxygens (including phenoxy) is 1. The van der Waals surface area contributed by atoms with Crippen LogP contribution < -0.4 is 11.1 Å². The first-order chi connectivity index (χ1) is 5.16. The lowest BCUT2D eigenvalue weighted by Crippen LogP contribution is -2.30. The molecule has 0 bridgehead atoms. The minimum absolute atomic E-state index is 0.110. The van der Waals surface area contributed by atoms with Crippen molar-refractivity contribution in [2.75, 3.05) is 20.3 Å². The molecule has 3 N–H and O–H groups in total. The van der Waals surface area contributed by atoms with Crippen LogP contribution in [0.15, 0.2) is 0 Å². The Labute approximate surface area is 71.1 Å². The SMILES string of the molecule is COCCNC(=O)CC(N)=S. The fourth-order valence-corrected chi connectivity index (χ4v) is 0.644. The quantitative estimate of drug-likeness (QED) is 0.435. The van der Waals surface area contributed by atoms with Crippen molar-refractivity contribution >= 4 is 23.1 Å². The van der Waals surface area contributed by atoms with Crippen molar-refractivity contribution in [3.8, 4) is 0 Å². The molecule has 0 radical (unpaired) electrons. The molecule has 0 spiro atoms. The smallest absolute Gasteiger partial charge is 0.226 e. The van der Waals surface area contributed by atoms with Crippen LogP contribution in [0.4, 0.5) is 0 Å². The van der Waals surface area contributed by atoms with Gasteiger partial charge in [0.1, 0.15) is 0 Å². The van der Waals surface area contributed by atoms with Crippen molar-refractivity contribution in [1.82, 2.24) is 5.32 Å². The van der Waals surface area contributed by atoms with Gasteiger partial charge in [-0.2, -0.15) is 0 Å². The lowest BCUT2D eigenvalue weighted by molar-refractivity contribution is -0.120. The Balaban J connectivity index is 3.30. The number of nitrogens with two attached hydrogens (primary N) is 1. The standard InChI is InChI=1S/C6H12N2O2S/c1-10-3-2-8-6(9)4-5(7)11/h2-4H2,1H3,(H2,7,11)(H,8,9). The highest BCUT2D eigenvalue weighted by atomic mass is 32.1. The monoisotopic (exact) mass is 176 g/mol. The first-order valence-corrected chi connectivity index (χ1v) is 3.61. The number of carbonyl (C=O) groups is 1. The van der Waals surface area contributed by atoms with Crippen LogP contribution in [-0.4, -0.2) is 31.2 Å². The van der Waals surface area contributed by atoms with Crippen LogP contribution in [0.2, 0.25) is 0 Å². The Morgan fingerprint density at radius 3 is 2.82 bits per heavy atom. The van der Waals surface area contributed by atoms with Gasteiger partial charge in [-0.25, -0.2) is 0 Å². The zero-order valence-corrected chi connectivity index (χ0v) is 7.24. The number of nitrogens with one attached hydrogen (secondary N) is 1. The van der Waals surface area contributed by atoms with Crippen LogP contribution in [0.3, 0.4) is 0 Å². The third-order valence-electron chi connectivity index (χ3n) is 0.963. The second-order valence-electron chi connectivity index (χ2n) is 1.99. The van der Waals surface area contributed by atoms with E-state index in [1.807, 2.05) is 0 Å². The maximum absolute atomic E-state index is 10.8. The topological polar surface area (TPSA) is 64.3 Å². The molecule has 64 valence electrons. The van der Waals surface area contributed by atoms with Gasteiger partial charge in [0.2, 0.25) is 5.91 Å². The van der Waals surface area contributed by atoms with Gasteiger partial charge in [-0.15, -0.1) is 0 Å². The molecule has 0 aromatic carbocycles. The van der Waals surface area contributed by atoms with Crippen molar-refractivity contribution in [1.29, 1.82) is 0 Å². The lowest BCUT2D eigenvalue weighted by Gasteiger charge is -2.02. The summed E-state index contributed by atoms with van der Waals surface area (Å²) in [7, 11) is 1.57. The van der Waals surface area contributed by atoms with Crippen LogP contribution in [0.1, 0.15) is 6.42 Å². The number of rotatable bonds is 5. The average molecular weight is 176 g/mol. The molecule has 0 heterocycles. The van der Waals surface area contributed by atoms with E-state index in [2.05, 4.69) is 17.5 Å². The van der Waals surface area contributed by atoms with E-state index in [0.717, 1.165) is 0 Å². The van der Waals surface area contributed by atoms with Crippen LogP contribution in [0.5, 0.6) is 0 Å². The highest BCUT2D eigenvalue weighted by molar-refractivity contribution is 7.80. The van der Waals surface area contributed by atoms with Crippen LogP contribution in [0.25, 0.3) is 0 Å². The average Bonchev–Trinajstić information content (AvgIpc) is 1.86. The molecule has 0 atom stereocenters. The number of amides is 1. The number of carbonyl (C=O) groups excluding carboxylic acids is 1. The van der Waals surface area contributed by atoms with Crippen molar-refractivity contribution in [3.63, 3.8) is 0 Å². The van der Waals surface area contributed by atoms with Crippen molar-refractivity contribution < 1.29 is 9.53 Å². The van der Waals surface area contributed by atoms with Gasteiger partial charge >= 0.3 is 0 Å². The second kappa shape index (κ2) is 6.06. The van der Waals surface area contributed by atoms with E-state index in [-0.39, 0.29) is 17.3 Å². The molecule has 0 aromatic heterocycles. The van der Waals surface area contributed by atoms with Gasteiger partial charge in [0.05, 0.1) is 18.0 Å². The third kappa shape index (κ3) is 7.21. The molecule has 4 nitrogen and oxygen atoms in total. The highest BCUT2D eigenvalue weighted by Crippen LogP contribution is 1.79. The van der Waals surface area contributed by atoms with Gasteiger partial charge < -0.3 is 15.8 Å². The van der Waals surface area contributed by atoms with E-state index in [1.165, 1.54) is 0 Å². The summed E-state index contributed by atoms with van der Waals surface area (Å²) in [5.74, 6) is -0.158. The molecule has 0 unspecified atom stereocenters. The molecule has 0 rings (SSSR count). The zero-order chi connectivity index (χ0) is 8.69. The second-order valence-corrected chi connectivity index (χ2v) is 2.51. The predicted molar refractivity (Wildman–Crippen MR) is 46.3 cm³/mol. The maximum Gasteiger partial charge on any atom is 0.226 e. The summed E-state index contributed by atoms with van der Waals surface area (Å²) in [5.41, 5.74) is 5.14. The predicted octanol–water partition coefficient (Wildman–Crippen LogP) is -0.575. The molecule has 0 saturated carbocycles. The van der Waals surface area contributed by atoms with E-state index >= 15 is 0 Å². The van der Waals surface area contributed by atoms with Gasteiger partial charge in [-0.3, -0.25) is 4.79 Å². The minimum atomic E-state index is -0.158. The molecule has 0 fully saturated rings. The molecular weight excluding hydrogens is 164 g/mol. The van der Waals surface area contributed by atoms with Crippen molar-refractivity contribution in [3.05, 3.63) is 0 Å². The number of methoxy groups -OCH3 is 1. The minimum Gasteiger partial charge on any atom is -0.393 e. The largest absolute Gasteiger partial charge is 0.393 e. The van der Waals surface area contributed by atoms with E-state index in [9.17, 15) is 4.79 Å². The Kier molecular flexibility index (Phi) is 5.68. The molecule has 0 aliphatic heterocycles. The Bertz CT molecular complexity index is 150. The van der Waals surface area contributed by atoms with E-state index in [1.54, 1.807) is 7.11 Å². The van der Waals surface area contributed by atoms with Gasteiger partial charge in [-0.05, 0) is 0 Å². The van der Waals surface area contributed by atoms with Gasteiger partial charge in [-0.1, -0.05) is 12.2 Å². The summed E-state index contributed by atoms with van der Waals surface area (Å²) in [5, 5.41) is 2.58. The van der Waals surface area contributed by atoms with Gasteiger partial charge in [0.15, 0.2) is 0 Å². The third-order valence-corrected chi connectivity index (χ3v) is 1.11. The Hall–Kier alpha value is -0.680. The molecule has 0 aliphatic carbocycles. The van der Waals surface area contributed by atoms with Crippen LogP contribution >= 0.6 is 12.2 Å². The van der Waals surface area contributed by atoms with E-state index in [4.69, 9.17) is 10.5 Å². The number of hydrogen-bond acceptors (Lipinski definition) is 3. The van der Waals surface area contributed by atoms with Crippen LogP contribution in [0, 0.1) is 0 Å². The summed E-state index contributed by atoms with van der Waals surface area (Å²) < 4.78 is 4.72.